The molecule has 0 aliphatic heterocycles. The van der Waals surface area contributed by atoms with Crippen LogP contribution in [0.2, 0.25) is 0 Å². The maximum atomic E-state index is 13.3. The maximum Gasteiger partial charge on any atom is 0.256 e. The second-order valence-electron chi connectivity index (χ2n) is 3.12. The van der Waals surface area contributed by atoms with Crippen molar-refractivity contribution in [3.63, 3.8) is 0 Å². The van der Waals surface area contributed by atoms with E-state index in [1.165, 1.54) is 6.20 Å². The second-order valence-corrected chi connectivity index (χ2v) is 4.03. The fraction of sp³-hybridized carbons (Fsp3) is 0. The number of hydrogen-bond acceptors (Lipinski definition) is 2. The van der Waals surface area contributed by atoms with Gasteiger partial charge in [0, 0.05) is 16.7 Å². The number of rotatable bonds is 2. The molecule has 2 nitrogen and oxygen atoms in total. The van der Waals surface area contributed by atoms with Crippen molar-refractivity contribution in [3.05, 3.63) is 52.4 Å². The Morgan fingerprint density at radius 2 is 1.82 bits per heavy atom. The summed E-state index contributed by atoms with van der Waals surface area (Å²) in [7, 11) is 0. The first kappa shape index (κ1) is 11.9. The minimum Gasteiger partial charge on any atom is -0.433 e. The van der Waals surface area contributed by atoms with Crippen molar-refractivity contribution in [2.24, 2.45) is 0 Å². The highest BCUT2D eigenvalue weighted by Crippen LogP contribution is 2.26. The van der Waals surface area contributed by atoms with Crippen LogP contribution in [0.15, 0.2) is 34.9 Å². The van der Waals surface area contributed by atoms with Gasteiger partial charge in [-0.3, -0.25) is 0 Å². The van der Waals surface area contributed by atoms with E-state index in [0.29, 0.717) is 10.5 Å². The Kier molecular flexibility index (Phi) is 3.33. The van der Waals surface area contributed by atoms with E-state index in [0.717, 1.165) is 18.2 Å². The lowest BCUT2D eigenvalue weighted by Crippen LogP contribution is -1.94. The fourth-order valence-corrected chi connectivity index (χ4v) is 1.44. The van der Waals surface area contributed by atoms with Gasteiger partial charge in [-0.05, 0) is 34.1 Å². The van der Waals surface area contributed by atoms with Crippen LogP contribution in [0.3, 0.4) is 0 Å². The van der Waals surface area contributed by atoms with E-state index in [1.807, 2.05) is 0 Å². The van der Waals surface area contributed by atoms with Crippen LogP contribution in [-0.2, 0) is 0 Å². The Hall–Kier alpha value is -1.56. The Morgan fingerprint density at radius 1 is 1.06 bits per heavy atom. The van der Waals surface area contributed by atoms with Crippen LogP contribution in [0.4, 0.5) is 13.2 Å². The maximum absolute atomic E-state index is 13.3. The molecule has 0 atom stereocenters. The molecule has 88 valence electrons. The molecule has 0 aliphatic rings. The first-order valence-electron chi connectivity index (χ1n) is 4.50. The molecule has 1 heterocycles. The van der Waals surface area contributed by atoms with Gasteiger partial charge in [0.15, 0.2) is 17.4 Å². The lowest BCUT2D eigenvalue weighted by atomic mass is 10.3. The number of ether oxygens (including phenoxy) is 1. The van der Waals surface area contributed by atoms with Gasteiger partial charge in [0.25, 0.3) is 5.88 Å². The zero-order valence-electron chi connectivity index (χ0n) is 8.25. The Balaban J connectivity index is 2.31. The zero-order valence-corrected chi connectivity index (χ0v) is 9.84. The molecule has 0 N–H and O–H groups in total. The van der Waals surface area contributed by atoms with Crippen molar-refractivity contribution in [2.45, 2.75) is 0 Å². The summed E-state index contributed by atoms with van der Waals surface area (Å²) < 4.78 is 44.5. The topological polar surface area (TPSA) is 22.1 Å². The lowest BCUT2D eigenvalue weighted by Gasteiger charge is -2.06. The minimum absolute atomic E-state index is 0.292. The number of nitrogens with zero attached hydrogens (tertiary/aromatic N) is 1. The average molecular weight is 304 g/mol. The van der Waals surface area contributed by atoms with Crippen molar-refractivity contribution in [1.29, 1.82) is 0 Å². The SMILES string of the molecule is Fc1ccc(Oc2ncc(Br)cc2F)c(F)c1. The van der Waals surface area contributed by atoms with Crippen molar-refractivity contribution in [1.82, 2.24) is 4.98 Å². The van der Waals surface area contributed by atoms with Crippen LogP contribution in [0.1, 0.15) is 0 Å². The van der Waals surface area contributed by atoms with Gasteiger partial charge in [-0.15, -0.1) is 0 Å². The summed E-state index contributed by atoms with van der Waals surface area (Å²) in [5.74, 6) is -3.07. The van der Waals surface area contributed by atoms with Crippen molar-refractivity contribution >= 4 is 15.9 Å². The van der Waals surface area contributed by atoms with Gasteiger partial charge in [-0.1, -0.05) is 0 Å². The lowest BCUT2D eigenvalue weighted by molar-refractivity contribution is 0.396. The molecular weight excluding hydrogens is 299 g/mol. The van der Waals surface area contributed by atoms with Gasteiger partial charge in [-0.2, -0.15) is 0 Å². The number of hydrogen-bond donors (Lipinski definition) is 0. The first-order valence-corrected chi connectivity index (χ1v) is 5.29. The van der Waals surface area contributed by atoms with Gasteiger partial charge < -0.3 is 4.74 Å². The highest BCUT2D eigenvalue weighted by molar-refractivity contribution is 9.10. The van der Waals surface area contributed by atoms with Gasteiger partial charge >= 0.3 is 0 Å². The summed E-state index contributed by atoms with van der Waals surface area (Å²) in [4.78, 5) is 3.63. The molecule has 1 aromatic carbocycles. The smallest absolute Gasteiger partial charge is 0.256 e. The molecular formula is C11H5BrF3NO. The van der Waals surface area contributed by atoms with Gasteiger partial charge in [0.05, 0.1) is 0 Å². The van der Waals surface area contributed by atoms with Crippen LogP contribution < -0.4 is 4.74 Å². The molecule has 0 aliphatic carbocycles. The molecule has 0 saturated carbocycles. The predicted molar refractivity (Wildman–Crippen MR) is 58.3 cm³/mol. The van der Waals surface area contributed by atoms with Crippen LogP contribution in [0, 0.1) is 17.5 Å². The molecule has 2 rings (SSSR count). The molecule has 2 aromatic rings. The van der Waals surface area contributed by atoms with Crippen molar-refractivity contribution in [3.8, 4) is 11.6 Å². The van der Waals surface area contributed by atoms with Crippen molar-refractivity contribution < 1.29 is 17.9 Å². The summed E-state index contributed by atoms with van der Waals surface area (Å²) in [6.07, 6.45) is 1.31. The summed E-state index contributed by atoms with van der Waals surface area (Å²) >= 11 is 3.02. The van der Waals surface area contributed by atoms with E-state index in [2.05, 4.69) is 20.9 Å². The summed E-state index contributed by atoms with van der Waals surface area (Å²) in [6, 6.07) is 3.85. The third-order valence-electron chi connectivity index (χ3n) is 1.87. The number of aromatic nitrogens is 1. The molecule has 0 spiro atoms. The third kappa shape index (κ3) is 2.76. The normalized spacial score (nSPS) is 10.4. The highest BCUT2D eigenvalue weighted by atomic mass is 79.9. The van der Waals surface area contributed by atoms with Crippen molar-refractivity contribution in [2.75, 3.05) is 0 Å². The van der Waals surface area contributed by atoms with E-state index < -0.39 is 17.5 Å². The van der Waals surface area contributed by atoms with Crippen LogP contribution in [0.25, 0.3) is 0 Å². The molecule has 0 bridgehead atoms. The van der Waals surface area contributed by atoms with E-state index in [-0.39, 0.29) is 11.6 Å². The Bertz CT molecular complexity index is 513. The van der Waals surface area contributed by atoms with Crippen LogP contribution in [0.5, 0.6) is 11.6 Å². The summed E-state index contributed by atoms with van der Waals surface area (Å²) in [6.45, 7) is 0. The first-order chi connectivity index (χ1) is 8.06. The molecule has 0 saturated heterocycles. The second kappa shape index (κ2) is 4.75. The van der Waals surface area contributed by atoms with E-state index in [4.69, 9.17) is 4.74 Å². The van der Waals surface area contributed by atoms with E-state index in [9.17, 15) is 13.2 Å². The largest absolute Gasteiger partial charge is 0.433 e. The standard InChI is InChI=1S/C11H5BrF3NO/c12-6-3-9(15)11(16-5-6)17-10-2-1-7(13)4-8(10)14/h1-5H. The number of benzene rings is 1. The van der Waals surface area contributed by atoms with Crippen LogP contribution in [-0.4, -0.2) is 4.98 Å². The predicted octanol–water partition coefficient (Wildman–Crippen LogP) is 4.05. The monoisotopic (exact) mass is 303 g/mol. The van der Waals surface area contributed by atoms with E-state index in [1.54, 1.807) is 0 Å². The third-order valence-corrected chi connectivity index (χ3v) is 2.31. The molecule has 0 fully saturated rings. The van der Waals surface area contributed by atoms with Gasteiger partial charge in [0.1, 0.15) is 5.82 Å². The molecule has 6 heteroatoms. The number of halogens is 4. The Labute approximate surface area is 103 Å². The highest BCUT2D eigenvalue weighted by Gasteiger charge is 2.11. The van der Waals surface area contributed by atoms with Crippen LogP contribution >= 0.6 is 15.9 Å². The molecule has 0 unspecified atom stereocenters. The molecule has 0 amide bonds. The van der Waals surface area contributed by atoms with E-state index >= 15 is 0 Å². The van der Waals surface area contributed by atoms with Gasteiger partial charge in [-0.25, -0.2) is 18.2 Å². The molecule has 0 radical (unpaired) electrons. The Morgan fingerprint density at radius 3 is 2.47 bits per heavy atom. The quantitative estimate of drug-likeness (QED) is 0.835. The molecule has 17 heavy (non-hydrogen) atoms. The summed E-state index contributed by atoms with van der Waals surface area (Å²) in [5, 5.41) is 0. The average Bonchev–Trinajstić information content (AvgIpc) is 2.25. The molecule has 1 aromatic heterocycles. The minimum atomic E-state index is -0.922. The van der Waals surface area contributed by atoms with Gasteiger partial charge in [0.2, 0.25) is 0 Å². The zero-order chi connectivity index (χ0) is 12.4. The number of pyridine rings is 1. The summed E-state index contributed by atoms with van der Waals surface area (Å²) in [5.41, 5.74) is 0. The fourth-order valence-electron chi connectivity index (χ4n) is 1.14.